The summed E-state index contributed by atoms with van der Waals surface area (Å²) in [6, 6.07) is 2.50. The highest BCUT2D eigenvalue weighted by atomic mass is 32.2. The van der Waals surface area contributed by atoms with Crippen molar-refractivity contribution >= 4 is 11.8 Å². The van der Waals surface area contributed by atoms with Crippen LogP contribution in [-0.4, -0.2) is 11.0 Å². The maximum atomic E-state index is 9.11. The van der Waals surface area contributed by atoms with Crippen molar-refractivity contribution in [1.82, 2.24) is 0 Å². The Kier molecular flexibility index (Phi) is 6.17. The normalized spacial score (nSPS) is 31.1. The van der Waals surface area contributed by atoms with Crippen LogP contribution in [0, 0.1) is 23.2 Å². The maximum absolute atomic E-state index is 9.11. The first-order valence-corrected chi connectivity index (χ1v) is 7.37. The number of rotatable bonds is 5. The Hall–Kier alpha value is -0.160. The van der Waals surface area contributed by atoms with Crippen molar-refractivity contribution in [2.24, 2.45) is 11.8 Å². The van der Waals surface area contributed by atoms with E-state index in [9.17, 15) is 0 Å². The third-order valence-corrected chi connectivity index (χ3v) is 4.89. The van der Waals surface area contributed by atoms with Gasteiger partial charge in [0.25, 0.3) is 0 Å². The second kappa shape index (κ2) is 7.17. The van der Waals surface area contributed by atoms with E-state index in [2.05, 4.69) is 19.9 Å². The molecule has 0 amide bonds. The summed E-state index contributed by atoms with van der Waals surface area (Å²) in [6.45, 7) is 4.49. The highest BCUT2D eigenvalue weighted by molar-refractivity contribution is 7.99. The molecule has 1 rings (SSSR count). The van der Waals surface area contributed by atoms with Gasteiger partial charge in [0.15, 0.2) is 0 Å². The number of hydrogen-bond acceptors (Lipinski definition) is 2. The fourth-order valence-electron chi connectivity index (χ4n) is 2.48. The van der Waals surface area contributed by atoms with E-state index in [1.54, 1.807) is 0 Å². The van der Waals surface area contributed by atoms with Gasteiger partial charge in [-0.1, -0.05) is 26.7 Å². The van der Waals surface area contributed by atoms with Crippen molar-refractivity contribution in [1.29, 1.82) is 5.26 Å². The van der Waals surface area contributed by atoms with Gasteiger partial charge in [0.1, 0.15) is 0 Å². The molecule has 0 bridgehead atoms. The molecule has 1 fully saturated rings. The summed E-state index contributed by atoms with van der Waals surface area (Å²) in [5.41, 5.74) is 0. The molecular weight excluding hydrogens is 202 g/mol. The van der Waals surface area contributed by atoms with E-state index >= 15 is 0 Å². The quantitative estimate of drug-likeness (QED) is 0.699. The zero-order valence-electron chi connectivity index (χ0n) is 10.0. The molecule has 0 aliphatic heterocycles. The minimum Gasteiger partial charge on any atom is -0.198 e. The van der Waals surface area contributed by atoms with Gasteiger partial charge in [0.2, 0.25) is 0 Å². The fourth-order valence-corrected chi connectivity index (χ4v) is 3.86. The summed E-state index contributed by atoms with van der Waals surface area (Å²) < 4.78 is 0. The van der Waals surface area contributed by atoms with Crippen LogP contribution < -0.4 is 0 Å². The minimum absolute atomic E-state index is 0.328. The highest BCUT2D eigenvalue weighted by Crippen LogP contribution is 2.38. The summed E-state index contributed by atoms with van der Waals surface area (Å²) >= 11 is 2.04. The van der Waals surface area contributed by atoms with E-state index in [-0.39, 0.29) is 0 Å². The lowest BCUT2D eigenvalue weighted by Crippen LogP contribution is -2.26. The summed E-state index contributed by atoms with van der Waals surface area (Å²) in [6.07, 6.45) is 7.61. The van der Waals surface area contributed by atoms with E-state index in [1.807, 2.05) is 11.8 Å². The average molecular weight is 225 g/mol. The van der Waals surface area contributed by atoms with Gasteiger partial charge in [-0.2, -0.15) is 17.0 Å². The fraction of sp³-hybridized carbons (Fsp3) is 0.923. The summed E-state index contributed by atoms with van der Waals surface area (Å²) in [7, 11) is 0. The van der Waals surface area contributed by atoms with Crippen molar-refractivity contribution in [3.8, 4) is 6.07 Å². The first kappa shape index (κ1) is 12.9. The molecule has 0 spiro atoms. The van der Waals surface area contributed by atoms with Gasteiger partial charge in [-0.3, -0.25) is 0 Å². The molecule has 0 aromatic rings. The zero-order chi connectivity index (χ0) is 11.1. The minimum atomic E-state index is 0.328. The topological polar surface area (TPSA) is 23.8 Å². The Balaban J connectivity index is 2.42. The number of thioether (sulfide) groups is 1. The number of hydrogen-bond donors (Lipinski definition) is 0. The lowest BCUT2D eigenvalue weighted by molar-refractivity contribution is 0.307. The Morgan fingerprint density at radius 2 is 2.07 bits per heavy atom. The van der Waals surface area contributed by atoms with Crippen molar-refractivity contribution in [3.63, 3.8) is 0 Å². The Morgan fingerprint density at radius 3 is 2.67 bits per heavy atom. The van der Waals surface area contributed by atoms with Gasteiger partial charge in [-0.25, -0.2) is 0 Å². The molecule has 0 N–H and O–H groups in total. The van der Waals surface area contributed by atoms with Gasteiger partial charge in [0, 0.05) is 5.25 Å². The lowest BCUT2D eigenvalue weighted by atomic mass is 9.80. The van der Waals surface area contributed by atoms with Crippen LogP contribution in [0.25, 0.3) is 0 Å². The maximum Gasteiger partial charge on any atom is 0.0667 e. The molecule has 86 valence electrons. The van der Waals surface area contributed by atoms with Gasteiger partial charge >= 0.3 is 0 Å². The van der Waals surface area contributed by atoms with Gasteiger partial charge in [0.05, 0.1) is 12.0 Å². The molecular formula is C13H23NS. The number of nitriles is 1. The molecule has 0 radical (unpaired) electrons. The van der Waals surface area contributed by atoms with Crippen molar-refractivity contribution < 1.29 is 0 Å². The third-order valence-electron chi connectivity index (χ3n) is 3.30. The van der Waals surface area contributed by atoms with Gasteiger partial charge in [-0.15, -0.1) is 0 Å². The summed E-state index contributed by atoms with van der Waals surface area (Å²) in [5.74, 6) is 2.45. The molecule has 1 saturated carbocycles. The molecule has 3 atom stereocenters. The van der Waals surface area contributed by atoms with E-state index in [0.29, 0.717) is 11.2 Å². The van der Waals surface area contributed by atoms with Crippen molar-refractivity contribution in [2.75, 3.05) is 5.75 Å². The smallest absolute Gasteiger partial charge is 0.0667 e. The monoisotopic (exact) mass is 225 g/mol. The number of nitrogens with zero attached hydrogens (tertiary/aromatic N) is 1. The van der Waals surface area contributed by atoms with Crippen molar-refractivity contribution in [3.05, 3.63) is 0 Å². The Bertz CT molecular complexity index is 209. The molecule has 0 aromatic carbocycles. The van der Waals surface area contributed by atoms with Crippen LogP contribution in [0.4, 0.5) is 0 Å². The van der Waals surface area contributed by atoms with Crippen LogP contribution in [0.15, 0.2) is 0 Å². The second-order valence-corrected chi connectivity index (χ2v) is 5.96. The third kappa shape index (κ3) is 4.07. The second-order valence-electron chi connectivity index (χ2n) is 4.61. The molecule has 1 aliphatic carbocycles. The van der Waals surface area contributed by atoms with Crippen LogP contribution in [0.3, 0.4) is 0 Å². The van der Waals surface area contributed by atoms with Crippen LogP contribution >= 0.6 is 11.8 Å². The van der Waals surface area contributed by atoms with Crippen LogP contribution in [0.2, 0.25) is 0 Å². The predicted molar refractivity (Wildman–Crippen MR) is 67.9 cm³/mol. The molecule has 0 heterocycles. The standard InChI is InChI=1S/C13H23NS/c1-3-5-11-6-7-12(10-14)13(9-11)15-8-4-2/h11-13H,3-9H2,1-2H3. The predicted octanol–water partition coefficient (Wildman–Crippen LogP) is 4.24. The molecule has 1 nitrogen and oxygen atoms in total. The van der Waals surface area contributed by atoms with Crippen LogP contribution in [-0.2, 0) is 0 Å². The molecule has 3 unspecified atom stereocenters. The molecule has 0 aromatic heterocycles. The van der Waals surface area contributed by atoms with Crippen molar-refractivity contribution in [2.45, 2.75) is 57.6 Å². The van der Waals surface area contributed by atoms with Gasteiger partial charge in [-0.05, 0) is 37.4 Å². The molecule has 0 saturated heterocycles. The average Bonchev–Trinajstić information content (AvgIpc) is 2.27. The SMILES string of the molecule is CCCSC1CC(CCC)CCC1C#N. The highest BCUT2D eigenvalue weighted by Gasteiger charge is 2.29. The molecule has 15 heavy (non-hydrogen) atoms. The summed E-state index contributed by atoms with van der Waals surface area (Å²) in [5, 5.41) is 9.74. The Morgan fingerprint density at radius 1 is 1.27 bits per heavy atom. The first-order valence-electron chi connectivity index (χ1n) is 6.33. The van der Waals surface area contributed by atoms with E-state index in [4.69, 9.17) is 5.26 Å². The van der Waals surface area contributed by atoms with Crippen LogP contribution in [0.5, 0.6) is 0 Å². The van der Waals surface area contributed by atoms with E-state index in [1.165, 1.54) is 37.9 Å². The lowest BCUT2D eigenvalue weighted by Gasteiger charge is -2.32. The van der Waals surface area contributed by atoms with Crippen LogP contribution in [0.1, 0.15) is 52.4 Å². The molecule has 1 aliphatic rings. The van der Waals surface area contributed by atoms with Gasteiger partial charge < -0.3 is 0 Å². The Labute approximate surface area is 98.6 Å². The first-order chi connectivity index (χ1) is 7.31. The van der Waals surface area contributed by atoms with E-state index in [0.717, 1.165) is 12.3 Å². The molecule has 2 heteroatoms. The summed E-state index contributed by atoms with van der Waals surface area (Å²) in [4.78, 5) is 0. The largest absolute Gasteiger partial charge is 0.198 e. The zero-order valence-corrected chi connectivity index (χ0v) is 10.9. The van der Waals surface area contributed by atoms with E-state index < -0.39 is 0 Å².